The van der Waals surface area contributed by atoms with E-state index >= 15 is 0 Å². The third kappa shape index (κ3) is 7.80. The fraction of sp³-hybridized carbons (Fsp3) is 0.818. The van der Waals surface area contributed by atoms with E-state index in [1.54, 1.807) is 0 Å². The highest BCUT2D eigenvalue weighted by Crippen LogP contribution is 2.03. The topological polar surface area (TPSA) is 20.2 Å². The van der Waals surface area contributed by atoms with Gasteiger partial charge in [0.2, 0.25) is 0 Å². The van der Waals surface area contributed by atoms with E-state index in [0.29, 0.717) is 0 Å². The maximum absolute atomic E-state index is 9.17. The first-order valence-corrected chi connectivity index (χ1v) is 5.16. The minimum Gasteiger partial charge on any atom is -0.389 e. The SMILES string of the molecule is CCCCCC/C=C\[C@H](O)CC. The number of aliphatic hydroxyl groups is 1. The molecule has 0 radical (unpaired) electrons. The van der Waals surface area contributed by atoms with Gasteiger partial charge in [0.05, 0.1) is 6.10 Å². The van der Waals surface area contributed by atoms with E-state index in [2.05, 4.69) is 13.0 Å². The van der Waals surface area contributed by atoms with Gasteiger partial charge in [-0.25, -0.2) is 0 Å². The lowest BCUT2D eigenvalue weighted by molar-refractivity contribution is 0.219. The third-order valence-corrected chi connectivity index (χ3v) is 2.00. The summed E-state index contributed by atoms with van der Waals surface area (Å²) in [4.78, 5) is 0. The van der Waals surface area contributed by atoms with Crippen molar-refractivity contribution in [2.45, 2.75) is 58.5 Å². The molecule has 0 bridgehead atoms. The molecular weight excluding hydrogens is 148 g/mol. The summed E-state index contributed by atoms with van der Waals surface area (Å²) >= 11 is 0. The molecule has 0 aromatic rings. The van der Waals surface area contributed by atoms with Crippen molar-refractivity contribution in [2.24, 2.45) is 0 Å². The van der Waals surface area contributed by atoms with E-state index in [1.165, 1.54) is 25.7 Å². The van der Waals surface area contributed by atoms with Crippen molar-refractivity contribution in [1.29, 1.82) is 0 Å². The average Bonchev–Trinajstić information content (AvgIpc) is 2.10. The second-order valence-electron chi connectivity index (χ2n) is 3.25. The molecule has 0 aromatic carbocycles. The number of aliphatic hydroxyl groups excluding tert-OH is 1. The van der Waals surface area contributed by atoms with Crippen LogP contribution in [0.4, 0.5) is 0 Å². The molecule has 0 aromatic heterocycles. The highest BCUT2D eigenvalue weighted by molar-refractivity contribution is 4.87. The van der Waals surface area contributed by atoms with Crippen LogP contribution in [0.1, 0.15) is 52.4 Å². The molecule has 1 N–H and O–H groups in total. The van der Waals surface area contributed by atoms with Gasteiger partial charge in [-0.1, -0.05) is 45.3 Å². The van der Waals surface area contributed by atoms with Gasteiger partial charge in [-0.2, -0.15) is 0 Å². The number of hydrogen-bond donors (Lipinski definition) is 1. The van der Waals surface area contributed by atoms with E-state index in [0.717, 1.165) is 12.8 Å². The van der Waals surface area contributed by atoms with Gasteiger partial charge in [-0.05, 0) is 19.3 Å². The Labute approximate surface area is 76.5 Å². The molecule has 0 aliphatic carbocycles. The molecule has 0 saturated carbocycles. The maximum Gasteiger partial charge on any atom is 0.0718 e. The predicted molar refractivity (Wildman–Crippen MR) is 54.2 cm³/mol. The largest absolute Gasteiger partial charge is 0.389 e. The Kier molecular flexibility index (Phi) is 8.57. The van der Waals surface area contributed by atoms with Crippen LogP contribution < -0.4 is 0 Å². The van der Waals surface area contributed by atoms with E-state index < -0.39 is 0 Å². The van der Waals surface area contributed by atoms with Crippen LogP contribution in [0.25, 0.3) is 0 Å². The molecule has 1 nitrogen and oxygen atoms in total. The van der Waals surface area contributed by atoms with E-state index in [4.69, 9.17) is 0 Å². The first-order chi connectivity index (χ1) is 5.81. The second kappa shape index (κ2) is 8.79. The van der Waals surface area contributed by atoms with Crippen molar-refractivity contribution < 1.29 is 5.11 Å². The number of unbranched alkanes of at least 4 members (excludes halogenated alkanes) is 4. The minimum atomic E-state index is -0.226. The normalized spacial score (nSPS) is 13.9. The molecule has 1 heteroatoms. The van der Waals surface area contributed by atoms with Crippen LogP contribution in [0.15, 0.2) is 12.2 Å². The fourth-order valence-corrected chi connectivity index (χ4v) is 1.08. The molecule has 0 unspecified atom stereocenters. The van der Waals surface area contributed by atoms with Crippen LogP contribution >= 0.6 is 0 Å². The average molecular weight is 170 g/mol. The molecule has 0 aliphatic rings. The third-order valence-electron chi connectivity index (χ3n) is 2.00. The lowest BCUT2D eigenvalue weighted by Gasteiger charge is -1.98. The van der Waals surface area contributed by atoms with Gasteiger partial charge in [-0.3, -0.25) is 0 Å². The van der Waals surface area contributed by atoms with Gasteiger partial charge >= 0.3 is 0 Å². The Morgan fingerprint density at radius 2 is 1.92 bits per heavy atom. The summed E-state index contributed by atoms with van der Waals surface area (Å²) in [7, 11) is 0. The minimum absolute atomic E-state index is 0.226. The van der Waals surface area contributed by atoms with Gasteiger partial charge in [-0.15, -0.1) is 0 Å². The van der Waals surface area contributed by atoms with Gasteiger partial charge < -0.3 is 5.11 Å². The molecule has 0 saturated heterocycles. The Morgan fingerprint density at radius 3 is 2.50 bits per heavy atom. The summed E-state index contributed by atoms with van der Waals surface area (Å²) in [5.41, 5.74) is 0. The zero-order chi connectivity index (χ0) is 9.23. The smallest absolute Gasteiger partial charge is 0.0718 e. The summed E-state index contributed by atoms with van der Waals surface area (Å²) in [5, 5.41) is 9.17. The van der Waals surface area contributed by atoms with Crippen LogP contribution in [0.2, 0.25) is 0 Å². The lowest BCUT2D eigenvalue weighted by atomic mass is 10.1. The molecule has 0 rings (SSSR count). The van der Waals surface area contributed by atoms with E-state index in [9.17, 15) is 5.11 Å². The number of hydrogen-bond acceptors (Lipinski definition) is 1. The van der Waals surface area contributed by atoms with Crippen LogP contribution in [-0.4, -0.2) is 11.2 Å². The summed E-state index contributed by atoms with van der Waals surface area (Å²) in [5.74, 6) is 0. The van der Waals surface area contributed by atoms with Crippen molar-refractivity contribution >= 4 is 0 Å². The zero-order valence-corrected chi connectivity index (χ0v) is 8.42. The van der Waals surface area contributed by atoms with Crippen LogP contribution in [0.5, 0.6) is 0 Å². The van der Waals surface area contributed by atoms with Crippen LogP contribution in [0, 0.1) is 0 Å². The molecule has 0 spiro atoms. The summed E-state index contributed by atoms with van der Waals surface area (Å²) in [6.45, 7) is 4.21. The van der Waals surface area contributed by atoms with Crippen molar-refractivity contribution in [1.82, 2.24) is 0 Å². The highest BCUT2D eigenvalue weighted by atomic mass is 16.3. The Morgan fingerprint density at radius 1 is 1.17 bits per heavy atom. The quantitative estimate of drug-likeness (QED) is 0.459. The molecule has 0 aliphatic heterocycles. The second-order valence-corrected chi connectivity index (χ2v) is 3.25. The monoisotopic (exact) mass is 170 g/mol. The first-order valence-electron chi connectivity index (χ1n) is 5.16. The maximum atomic E-state index is 9.17. The summed E-state index contributed by atoms with van der Waals surface area (Å²) in [6, 6.07) is 0. The molecule has 72 valence electrons. The lowest BCUT2D eigenvalue weighted by Crippen LogP contribution is -1.97. The Hall–Kier alpha value is -0.300. The van der Waals surface area contributed by atoms with Crippen molar-refractivity contribution in [3.63, 3.8) is 0 Å². The van der Waals surface area contributed by atoms with E-state index in [1.807, 2.05) is 13.0 Å². The predicted octanol–water partition coefficient (Wildman–Crippen LogP) is 3.28. The standard InChI is InChI=1S/C11H22O/c1-3-5-6-7-8-9-10-11(12)4-2/h9-12H,3-8H2,1-2H3/b10-9-/t11-/m1/s1. The van der Waals surface area contributed by atoms with Crippen molar-refractivity contribution in [2.75, 3.05) is 0 Å². The van der Waals surface area contributed by atoms with Gasteiger partial charge in [0, 0.05) is 0 Å². The number of allylic oxidation sites excluding steroid dienone is 1. The zero-order valence-electron chi connectivity index (χ0n) is 8.42. The van der Waals surface area contributed by atoms with Crippen LogP contribution in [0.3, 0.4) is 0 Å². The summed E-state index contributed by atoms with van der Waals surface area (Å²) in [6.07, 6.45) is 10.9. The highest BCUT2D eigenvalue weighted by Gasteiger charge is 1.91. The molecule has 0 fully saturated rings. The van der Waals surface area contributed by atoms with Gasteiger partial charge in [0.25, 0.3) is 0 Å². The molecule has 0 amide bonds. The van der Waals surface area contributed by atoms with E-state index in [-0.39, 0.29) is 6.10 Å². The van der Waals surface area contributed by atoms with Gasteiger partial charge in [0.1, 0.15) is 0 Å². The fourth-order valence-electron chi connectivity index (χ4n) is 1.08. The molecular formula is C11H22O. The number of rotatable bonds is 7. The van der Waals surface area contributed by atoms with Crippen molar-refractivity contribution in [3.05, 3.63) is 12.2 Å². The van der Waals surface area contributed by atoms with Gasteiger partial charge in [0.15, 0.2) is 0 Å². The molecule has 1 atom stereocenters. The van der Waals surface area contributed by atoms with Crippen LogP contribution in [-0.2, 0) is 0 Å². The summed E-state index contributed by atoms with van der Waals surface area (Å²) < 4.78 is 0. The van der Waals surface area contributed by atoms with Crippen molar-refractivity contribution in [3.8, 4) is 0 Å². The Bertz CT molecular complexity index is 108. The molecule has 12 heavy (non-hydrogen) atoms. The molecule has 0 heterocycles. The first kappa shape index (κ1) is 11.7. The Balaban J connectivity index is 3.12.